The number of amidine groups is 1. The molecule has 3 rings (SSSR count). The molecule has 0 aliphatic heterocycles. The fourth-order valence-electron chi connectivity index (χ4n) is 2.36. The molecule has 7 heteroatoms. The van der Waals surface area contributed by atoms with Crippen molar-refractivity contribution in [2.24, 2.45) is 15.9 Å². The van der Waals surface area contributed by atoms with Crippen molar-refractivity contribution < 1.29 is 9.13 Å². The molecule has 0 fully saturated rings. The summed E-state index contributed by atoms with van der Waals surface area (Å²) in [5, 5.41) is 8.76. The first-order valence-electron chi connectivity index (χ1n) is 8.80. The van der Waals surface area contributed by atoms with Crippen molar-refractivity contribution in [2.75, 3.05) is 0 Å². The van der Waals surface area contributed by atoms with E-state index >= 15 is 0 Å². The SMILES string of the molecule is NC(=NN=Cc1ccc(OCc2ccc(Cl)cc2F)cc1)SCc1ccccc1. The quantitative estimate of drug-likeness (QED) is 0.301. The van der Waals surface area contributed by atoms with E-state index in [0.717, 1.165) is 11.3 Å². The molecule has 0 aliphatic rings. The molecule has 4 nitrogen and oxygen atoms in total. The van der Waals surface area contributed by atoms with Crippen molar-refractivity contribution in [3.8, 4) is 5.75 Å². The van der Waals surface area contributed by atoms with Crippen LogP contribution in [-0.2, 0) is 12.4 Å². The van der Waals surface area contributed by atoms with E-state index in [-0.39, 0.29) is 12.4 Å². The molecule has 0 radical (unpaired) electrons. The molecule has 2 N–H and O–H groups in total. The maximum absolute atomic E-state index is 13.8. The molecule has 0 aliphatic carbocycles. The van der Waals surface area contributed by atoms with Crippen LogP contribution in [0, 0.1) is 5.82 Å². The second-order valence-electron chi connectivity index (χ2n) is 6.05. The standard InChI is InChI=1S/C22H19ClFN3OS/c23-19-9-8-18(21(24)12-19)14-28-20-10-6-16(7-11-20)13-26-27-22(25)29-15-17-4-2-1-3-5-17/h1-13H,14-15H2,(H2,25,27). The van der Waals surface area contributed by atoms with Gasteiger partial charge in [0.1, 0.15) is 18.2 Å². The zero-order valence-corrected chi connectivity index (χ0v) is 17.0. The highest BCUT2D eigenvalue weighted by Crippen LogP contribution is 2.18. The zero-order chi connectivity index (χ0) is 20.5. The van der Waals surface area contributed by atoms with Gasteiger partial charge in [-0.2, -0.15) is 5.10 Å². The maximum Gasteiger partial charge on any atom is 0.180 e. The molecule has 0 unspecified atom stereocenters. The van der Waals surface area contributed by atoms with Gasteiger partial charge >= 0.3 is 0 Å². The van der Waals surface area contributed by atoms with Gasteiger partial charge in [-0.15, -0.1) is 5.10 Å². The summed E-state index contributed by atoms with van der Waals surface area (Å²) in [5.41, 5.74) is 8.33. The third-order valence-electron chi connectivity index (χ3n) is 3.88. The molecule has 3 aromatic rings. The lowest BCUT2D eigenvalue weighted by molar-refractivity contribution is 0.300. The number of hydrogen-bond acceptors (Lipinski definition) is 4. The molecule has 0 bridgehead atoms. The van der Waals surface area contributed by atoms with E-state index in [0.29, 0.717) is 21.5 Å². The van der Waals surface area contributed by atoms with Crippen LogP contribution in [0.1, 0.15) is 16.7 Å². The number of ether oxygens (including phenoxy) is 1. The summed E-state index contributed by atoms with van der Waals surface area (Å²) in [7, 11) is 0. The minimum atomic E-state index is -0.387. The number of benzene rings is 3. The van der Waals surface area contributed by atoms with Gasteiger partial charge < -0.3 is 10.5 Å². The number of halogens is 2. The van der Waals surface area contributed by atoms with Crippen LogP contribution in [0.4, 0.5) is 4.39 Å². The van der Waals surface area contributed by atoms with Gasteiger partial charge in [-0.3, -0.25) is 0 Å². The molecule has 0 spiro atoms. The predicted molar refractivity (Wildman–Crippen MR) is 119 cm³/mol. The van der Waals surface area contributed by atoms with Gasteiger partial charge in [0, 0.05) is 16.3 Å². The third kappa shape index (κ3) is 6.93. The Labute approximate surface area is 178 Å². The van der Waals surface area contributed by atoms with Crippen LogP contribution >= 0.6 is 23.4 Å². The van der Waals surface area contributed by atoms with Gasteiger partial charge in [-0.05, 0) is 47.5 Å². The smallest absolute Gasteiger partial charge is 0.180 e. The van der Waals surface area contributed by atoms with Crippen LogP contribution in [0.2, 0.25) is 5.02 Å². The van der Waals surface area contributed by atoms with E-state index in [9.17, 15) is 4.39 Å². The van der Waals surface area contributed by atoms with Crippen molar-refractivity contribution in [1.29, 1.82) is 0 Å². The Kier molecular flexibility index (Phi) is 7.67. The van der Waals surface area contributed by atoms with Gasteiger partial charge in [0.15, 0.2) is 5.17 Å². The van der Waals surface area contributed by atoms with Crippen LogP contribution in [0.5, 0.6) is 5.75 Å². The van der Waals surface area contributed by atoms with Crippen molar-refractivity contribution in [3.05, 3.63) is 100 Å². The highest BCUT2D eigenvalue weighted by atomic mass is 35.5. The first-order valence-corrected chi connectivity index (χ1v) is 10.2. The molecule has 3 aromatic carbocycles. The minimum Gasteiger partial charge on any atom is -0.489 e. The summed E-state index contributed by atoms with van der Waals surface area (Å²) in [5.74, 6) is 0.978. The topological polar surface area (TPSA) is 60.0 Å². The molecule has 0 saturated heterocycles. The lowest BCUT2D eigenvalue weighted by Crippen LogP contribution is -2.05. The first kappa shape index (κ1) is 20.9. The van der Waals surface area contributed by atoms with Gasteiger partial charge in [0.2, 0.25) is 0 Å². The summed E-state index contributed by atoms with van der Waals surface area (Å²) in [6.45, 7) is 0.121. The Morgan fingerprint density at radius 2 is 1.83 bits per heavy atom. The highest BCUT2D eigenvalue weighted by Gasteiger charge is 2.04. The average molecular weight is 428 g/mol. The summed E-state index contributed by atoms with van der Waals surface area (Å²) in [4.78, 5) is 0. The summed E-state index contributed by atoms with van der Waals surface area (Å²) in [6.07, 6.45) is 1.61. The van der Waals surface area contributed by atoms with Crippen molar-refractivity contribution in [2.45, 2.75) is 12.4 Å². The molecule has 29 heavy (non-hydrogen) atoms. The minimum absolute atomic E-state index is 0.121. The average Bonchev–Trinajstić information content (AvgIpc) is 2.73. The molecule has 0 atom stereocenters. The van der Waals surface area contributed by atoms with Crippen molar-refractivity contribution in [1.82, 2.24) is 0 Å². The van der Waals surface area contributed by atoms with E-state index < -0.39 is 0 Å². The van der Waals surface area contributed by atoms with Crippen LogP contribution in [-0.4, -0.2) is 11.4 Å². The Morgan fingerprint density at radius 1 is 1.07 bits per heavy atom. The fraction of sp³-hybridized carbons (Fsp3) is 0.0909. The van der Waals surface area contributed by atoms with Gasteiger partial charge in [0.25, 0.3) is 0 Å². The molecular weight excluding hydrogens is 409 g/mol. The van der Waals surface area contributed by atoms with E-state index in [1.54, 1.807) is 30.5 Å². The van der Waals surface area contributed by atoms with Gasteiger partial charge in [0.05, 0.1) is 6.21 Å². The molecule has 0 aromatic heterocycles. The molecular formula is C22H19ClFN3OS. The largest absolute Gasteiger partial charge is 0.489 e. The second kappa shape index (κ2) is 10.6. The molecule has 0 amide bonds. The van der Waals surface area contributed by atoms with Crippen LogP contribution in [0.25, 0.3) is 0 Å². The van der Waals surface area contributed by atoms with E-state index in [2.05, 4.69) is 10.2 Å². The monoisotopic (exact) mass is 427 g/mol. The Morgan fingerprint density at radius 3 is 2.55 bits per heavy atom. The Bertz CT molecular complexity index is 995. The number of nitrogens with zero attached hydrogens (tertiary/aromatic N) is 2. The lowest BCUT2D eigenvalue weighted by Gasteiger charge is -2.07. The zero-order valence-electron chi connectivity index (χ0n) is 15.5. The Balaban J connectivity index is 1.49. The Hall–Kier alpha value is -2.83. The number of rotatable bonds is 7. The first-order chi connectivity index (χ1) is 14.1. The normalized spacial score (nSPS) is 11.7. The van der Waals surface area contributed by atoms with Crippen LogP contribution < -0.4 is 10.5 Å². The molecule has 148 valence electrons. The van der Waals surface area contributed by atoms with Crippen LogP contribution in [0.15, 0.2) is 83.0 Å². The van der Waals surface area contributed by atoms with E-state index in [1.807, 2.05) is 42.5 Å². The fourth-order valence-corrected chi connectivity index (χ4v) is 3.13. The highest BCUT2D eigenvalue weighted by molar-refractivity contribution is 8.13. The summed E-state index contributed by atoms with van der Waals surface area (Å²) in [6, 6.07) is 21.8. The summed E-state index contributed by atoms with van der Waals surface area (Å²) < 4.78 is 19.4. The number of nitrogens with two attached hydrogens (primary N) is 1. The summed E-state index contributed by atoms with van der Waals surface area (Å²) >= 11 is 7.18. The predicted octanol–water partition coefficient (Wildman–Crippen LogP) is 5.64. The van der Waals surface area contributed by atoms with Gasteiger partial charge in [-0.25, -0.2) is 4.39 Å². The van der Waals surface area contributed by atoms with Crippen LogP contribution in [0.3, 0.4) is 0 Å². The van der Waals surface area contributed by atoms with Crippen molar-refractivity contribution >= 4 is 34.7 Å². The van der Waals surface area contributed by atoms with E-state index in [4.69, 9.17) is 22.1 Å². The number of hydrogen-bond donors (Lipinski definition) is 1. The maximum atomic E-state index is 13.8. The third-order valence-corrected chi connectivity index (χ3v) is 4.97. The lowest BCUT2D eigenvalue weighted by atomic mass is 10.2. The van der Waals surface area contributed by atoms with E-state index in [1.165, 1.54) is 23.4 Å². The second-order valence-corrected chi connectivity index (χ2v) is 7.48. The number of thioether (sulfide) groups is 1. The van der Waals surface area contributed by atoms with Crippen molar-refractivity contribution in [3.63, 3.8) is 0 Å². The molecule has 0 heterocycles. The van der Waals surface area contributed by atoms with Gasteiger partial charge in [-0.1, -0.05) is 59.8 Å². The molecule has 0 saturated carbocycles.